The zero-order valence-electron chi connectivity index (χ0n) is 16.0. The molecule has 0 aliphatic carbocycles. The van der Waals surface area contributed by atoms with E-state index < -0.39 is 29.0 Å². The molecule has 162 valence electrons. The number of sulfone groups is 1. The van der Waals surface area contributed by atoms with E-state index in [0.29, 0.717) is 17.6 Å². The molecule has 30 heavy (non-hydrogen) atoms. The van der Waals surface area contributed by atoms with Gasteiger partial charge in [0.25, 0.3) is 0 Å². The number of nitrogens with zero attached hydrogens (tertiary/aromatic N) is 3. The Bertz CT molecular complexity index is 1090. The quantitative estimate of drug-likeness (QED) is 0.577. The fourth-order valence-electron chi connectivity index (χ4n) is 2.71. The average Bonchev–Trinajstić information content (AvgIpc) is 2.68. The van der Waals surface area contributed by atoms with Crippen LogP contribution in [-0.2, 0) is 14.6 Å². The Balaban J connectivity index is 1.78. The molecule has 2 heterocycles. The van der Waals surface area contributed by atoms with Crippen LogP contribution in [-0.4, -0.2) is 51.2 Å². The molecule has 1 aromatic heterocycles. The molecule has 0 saturated carbocycles. The molecule has 0 radical (unpaired) electrons. The van der Waals surface area contributed by atoms with Gasteiger partial charge in [-0.05, 0) is 42.8 Å². The van der Waals surface area contributed by atoms with Crippen molar-refractivity contribution in [3.8, 4) is 5.75 Å². The van der Waals surface area contributed by atoms with Crippen LogP contribution in [0, 0.1) is 0 Å². The zero-order chi connectivity index (χ0) is 21.8. The molecule has 0 spiro atoms. The van der Waals surface area contributed by atoms with E-state index in [1.54, 1.807) is 35.5 Å². The van der Waals surface area contributed by atoms with Crippen LogP contribution >= 0.6 is 0 Å². The highest BCUT2D eigenvalue weighted by atomic mass is 32.2. The Kier molecular flexibility index (Phi) is 6.61. The van der Waals surface area contributed by atoms with E-state index in [2.05, 4.69) is 9.98 Å². The Morgan fingerprint density at radius 1 is 1.17 bits per heavy atom. The fraction of sp³-hybridized carbons (Fsp3) is 0.368. The van der Waals surface area contributed by atoms with E-state index in [1.807, 2.05) is 6.07 Å². The van der Waals surface area contributed by atoms with Crippen molar-refractivity contribution in [3.63, 3.8) is 0 Å². The van der Waals surface area contributed by atoms with Crippen LogP contribution in [0.4, 0.5) is 18.9 Å². The van der Waals surface area contributed by atoms with Crippen LogP contribution in [0.5, 0.6) is 5.75 Å². The monoisotopic (exact) mass is 443 g/mol. The van der Waals surface area contributed by atoms with Crippen molar-refractivity contribution >= 4 is 21.7 Å². The zero-order valence-corrected chi connectivity index (χ0v) is 16.9. The number of halogens is 3. The first-order valence-electron chi connectivity index (χ1n) is 8.99. The van der Waals surface area contributed by atoms with Gasteiger partial charge in [-0.2, -0.15) is 13.2 Å². The summed E-state index contributed by atoms with van der Waals surface area (Å²) >= 11 is 0. The van der Waals surface area contributed by atoms with Gasteiger partial charge < -0.3 is 14.4 Å². The summed E-state index contributed by atoms with van der Waals surface area (Å²) in [6, 6.07) is 9.60. The lowest BCUT2D eigenvalue weighted by Crippen LogP contribution is -2.44. The van der Waals surface area contributed by atoms with Gasteiger partial charge in [-0.1, -0.05) is 0 Å². The number of hydrogen-bond acceptors (Lipinski definition) is 7. The highest BCUT2D eigenvalue weighted by Gasteiger charge is 2.28. The number of pyridine rings is 1. The molecule has 1 atom stereocenters. The van der Waals surface area contributed by atoms with E-state index >= 15 is 0 Å². The summed E-state index contributed by atoms with van der Waals surface area (Å²) < 4.78 is 70.0. The third-order valence-electron chi connectivity index (χ3n) is 4.03. The second-order valence-electron chi connectivity index (χ2n) is 6.66. The summed E-state index contributed by atoms with van der Waals surface area (Å²) in [5, 5.41) is 0.742. The molecule has 1 aromatic carbocycles. The van der Waals surface area contributed by atoms with Gasteiger partial charge in [0.15, 0.2) is 12.1 Å². The van der Waals surface area contributed by atoms with Crippen molar-refractivity contribution in [2.45, 2.75) is 18.9 Å². The first-order valence-corrected chi connectivity index (χ1v) is 11.0. The maximum atomic E-state index is 12.3. The largest absolute Gasteiger partial charge is 0.484 e. The van der Waals surface area contributed by atoms with Crippen LogP contribution in [0.25, 0.3) is 6.20 Å². The predicted molar refractivity (Wildman–Crippen MR) is 104 cm³/mol. The number of ether oxygens (including phenoxy) is 2. The van der Waals surface area contributed by atoms with E-state index in [9.17, 15) is 21.6 Å². The van der Waals surface area contributed by atoms with Gasteiger partial charge in [-0.3, -0.25) is 0 Å². The summed E-state index contributed by atoms with van der Waals surface area (Å²) in [6.45, 7) is -1.22. The minimum absolute atomic E-state index is 0.0104. The normalized spacial score (nSPS) is 16.4. The SMILES string of the molecule is CS(=O)(=O)CCCOC1N=c2ncccc2=CN1c1ccc(OCC(F)(F)F)cc1. The summed E-state index contributed by atoms with van der Waals surface area (Å²) in [5.74, 6) is 0.0708. The maximum Gasteiger partial charge on any atom is 0.422 e. The Morgan fingerprint density at radius 2 is 1.90 bits per heavy atom. The van der Waals surface area contributed by atoms with Crippen molar-refractivity contribution in [2.75, 3.05) is 30.1 Å². The number of aromatic nitrogens is 1. The lowest BCUT2D eigenvalue weighted by Gasteiger charge is -2.29. The van der Waals surface area contributed by atoms with Gasteiger partial charge >= 0.3 is 6.18 Å². The third-order valence-corrected chi connectivity index (χ3v) is 5.06. The van der Waals surface area contributed by atoms with Crippen molar-refractivity contribution < 1.29 is 31.1 Å². The smallest absolute Gasteiger partial charge is 0.422 e. The summed E-state index contributed by atoms with van der Waals surface area (Å²) in [7, 11) is -3.10. The topological polar surface area (TPSA) is 81.1 Å². The van der Waals surface area contributed by atoms with Crippen molar-refractivity contribution in [2.24, 2.45) is 4.99 Å². The van der Waals surface area contributed by atoms with Crippen LogP contribution in [0.15, 0.2) is 47.6 Å². The van der Waals surface area contributed by atoms with E-state index in [4.69, 9.17) is 9.47 Å². The minimum atomic E-state index is -4.42. The van der Waals surface area contributed by atoms with Crippen molar-refractivity contribution in [3.05, 3.63) is 53.3 Å². The van der Waals surface area contributed by atoms with Crippen molar-refractivity contribution in [1.82, 2.24) is 4.98 Å². The highest BCUT2D eigenvalue weighted by molar-refractivity contribution is 7.90. The molecule has 0 N–H and O–H groups in total. The van der Waals surface area contributed by atoms with Crippen LogP contribution in [0.1, 0.15) is 6.42 Å². The van der Waals surface area contributed by atoms with E-state index in [-0.39, 0.29) is 18.1 Å². The molecular formula is C19H20F3N3O4S. The van der Waals surface area contributed by atoms with Gasteiger partial charge in [0.05, 0.1) is 12.4 Å². The lowest BCUT2D eigenvalue weighted by atomic mass is 10.2. The van der Waals surface area contributed by atoms with Gasteiger partial charge in [0, 0.05) is 29.6 Å². The molecule has 0 bridgehead atoms. The number of benzene rings is 1. The average molecular weight is 443 g/mol. The number of anilines is 1. The van der Waals surface area contributed by atoms with E-state index in [0.717, 1.165) is 11.5 Å². The third kappa shape index (κ3) is 6.42. The first kappa shape index (κ1) is 22.0. The number of alkyl halides is 3. The molecule has 3 rings (SSSR count). The summed E-state index contributed by atoms with van der Waals surface area (Å²) in [6.07, 6.45) is -0.395. The maximum absolute atomic E-state index is 12.3. The van der Waals surface area contributed by atoms with Gasteiger partial charge in [-0.15, -0.1) is 0 Å². The van der Waals surface area contributed by atoms with Crippen LogP contribution in [0.2, 0.25) is 0 Å². The molecular weight excluding hydrogens is 423 g/mol. The molecule has 1 unspecified atom stereocenters. The molecule has 0 fully saturated rings. The molecule has 7 nitrogen and oxygen atoms in total. The Hall–Kier alpha value is -2.66. The van der Waals surface area contributed by atoms with Crippen LogP contribution < -0.4 is 20.3 Å². The Morgan fingerprint density at radius 3 is 2.57 bits per heavy atom. The highest BCUT2D eigenvalue weighted by Crippen LogP contribution is 2.25. The minimum Gasteiger partial charge on any atom is -0.484 e. The summed E-state index contributed by atoms with van der Waals surface area (Å²) in [5.41, 5.74) is 1.09. The molecule has 11 heteroatoms. The lowest BCUT2D eigenvalue weighted by molar-refractivity contribution is -0.153. The molecule has 0 amide bonds. The van der Waals surface area contributed by atoms with Gasteiger partial charge in [0.2, 0.25) is 6.35 Å². The van der Waals surface area contributed by atoms with Crippen LogP contribution in [0.3, 0.4) is 0 Å². The fourth-order valence-corrected chi connectivity index (χ4v) is 3.35. The Labute approximate surface area is 171 Å². The molecule has 2 aromatic rings. The second-order valence-corrected chi connectivity index (χ2v) is 8.92. The number of rotatable bonds is 8. The first-order chi connectivity index (χ1) is 14.1. The van der Waals surface area contributed by atoms with E-state index in [1.165, 1.54) is 12.1 Å². The van der Waals surface area contributed by atoms with Gasteiger partial charge in [0.1, 0.15) is 15.6 Å². The molecule has 1 aliphatic heterocycles. The predicted octanol–water partition coefficient (Wildman–Crippen LogP) is 1.64. The summed E-state index contributed by atoms with van der Waals surface area (Å²) in [4.78, 5) is 10.4. The second kappa shape index (κ2) is 9.00. The molecule has 1 aliphatic rings. The number of hydrogen-bond donors (Lipinski definition) is 0. The standard InChI is InChI=1S/C19H20F3N3O4S/c1-30(26,27)11-3-10-28-18-24-17-14(4-2-9-23-17)12-25(18)15-5-7-16(8-6-15)29-13-19(20,21)22/h2,4-9,12,18H,3,10-11,13H2,1H3. The van der Waals surface area contributed by atoms with Crippen molar-refractivity contribution in [1.29, 1.82) is 0 Å². The number of fused-ring (bicyclic) bond motifs is 1. The van der Waals surface area contributed by atoms with Gasteiger partial charge in [-0.25, -0.2) is 18.4 Å². The molecule has 0 saturated heterocycles.